The van der Waals surface area contributed by atoms with Crippen molar-refractivity contribution < 1.29 is 18.8 Å². The Bertz CT molecular complexity index is 1340. The van der Waals surface area contributed by atoms with Crippen molar-refractivity contribution >= 4 is 28.5 Å². The van der Waals surface area contributed by atoms with Gasteiger partial charge >= 0.3 is 0 Å². The molecule has 0 saturated carbocycles. The van der Waals surface area contributed by atoms with Crippen LogP contribution in [0.1, 0.15) is 20.7 Å². The minimum atomic E-state index is -0.819. The molecule has 9 nitrogen and oxygen atoms in total. The summed E-state index contributed by atoms with van der Waals surface area (Å²) in [6.45, 7) is 1.05. The average Bonchev–Trinajstić information content (AvgIpc) is 3.55. The fourth-order valence-electron chi connectivity index (χ4n) is 3.98. The summed E-state index contributed by atoms with van der Waals surface area (Å²) in [5.41, 5.74) is 0.781. The third-order valence-electron chi connectivity index (χ3n) is 5.68. The summed E-state index contributed by atoms with van der Waals surface area (Å²) in [6.07, 6.45) is 5.52. The van der Waals surface area contributed by atoms with Crippen LogP contribution in [0.25, 0.3) is 16.7 Å². The highest BCUT2D eigenvalue weighted by Gasteiger charge is 2.31. The molecule has 0 bridgehead atoms. The molecule has 0 aliphatic carbocycles. The number of H-pyrrole nitrogens is 1. The van der Waals surface area contributed by atoms with Crippen LogP contribution in [-0.2, 0) is 4.79 Å². The molecule has 4 aromatic rings. The van der Waals surface area contributed by atoms with Gasteiger partial charge in [-0.15, -0.1) is 0 Å². The van der Waals surface area contributed by atoms with Crippen LogP contribution in [0.3, 0.4) is 0 Å². The highest BCUT2D eigenvalue weighted by Crippen LogP contribution is 2.26. The molecule has 0 spiro atoms. The lowest BCUT2D eigenvalue weighted by atomic mass is 10.1. The molecule has 10 heteroatoms. The van der Waals surface area contributed by atoms with Crippen molar-refractivity contribution in [3.8, 4) is 5.82 Å². The Labute approximate surface area is 187 Å². The lowest BCUT2D eigenvalue weighted by molar-refractivity contribution is -0.127. The number of carbonyl (C=O) groups excluding carboxylic acids is 3. The maximum atomic E-state index is 14.6. The van der Waals surface area contributed by atoms with E-state index < -0.39 is 17.5 Å². The molecule has 1 N–H and O–H groups in total. The summed E-state index contributed by atoms with van der Waals surface area (Å²) in [6, 6.07) is 10.6. The van der Waals surface area contributed by atoms with Gasteiger partial charge in [0.15, 0.2) is 11.6 Å². The van der Waals surface area contributed by atoms with Crippen LogP contribution in [0, 0.1) is 5.82 Å². The van der Waals surface area contributed by atoms with Gasteiger partial charge in [0.25, 0.3) is 17.6 Å². The molecule has 1 fully saturated rings. The zero-order chi connectivity index (χ0) is 22.9. The van der Waals surface area contributed by atoms with E-state index in [0.29, 0.717) is 24.5 Å². The van der Waals surface area contributed by atoms with E-state index in [1.807, 2.05) is 6.07 Å². The second-order valence-corrected chi connectivity index (χ2v) is 7.61. The van der Waals surface area contributed by atoms with E-state index in [2.05, 4.69) is 15.1 Å². The number of benzene rings is 1. The molecule has 1 aliphatic rings. The second kappa shape index (κ2) is 8.30. The first kappa shape index (κ1) is 20.6. The highest BCUT2D eigenvalue weighted by molar-refractivity contribution is 6.45. The molecular weight excluding hydrogens is 427 g/mol. The number of nitrogens with one attached hydrogen (secondary N) is 1. The van der Waals surface area contributed by atoms with E-state index in [1.165, 1.54) is 15.8 Å². The molecule has 1 aliphatic heterocycles. The second-order valence-electron chi connectivity index (χ2n) is 7.61. The number of pyridine rings is 1. The predicted molar refractivity (Wildman–Crippen MR) is 116 cm³/mol. The van der Waals surface area contributed by atoms with E-state index >= 15 is 0 Å². The van der Waals surface area contributed by atoms with Gasteiger partial charge in [0, 0.05) is 50.3 Å². The topological polar surface area (TPSA) is 104 Å². The molecule has 0 radical (unpaired) electrons. The van der Waals surface area contributed by atoms with Gasteiger partial charge in [0.2, 0.25) is 0 Å². The third kappa shape index (κ3) is 3.65. The molecule has 2 amide bonds. The van der Waals surface area contributed by atoms with Gasteiger partial charge in [0.05, 0.1) is 22.7 Å². The van der Waals surface area contributed by atoms with Gasteiger partial charge in [-0.05, 0) is 18.2 Å². The fraction of sp³-hybridized carbons (Fsp3) is 0.174. The highest BCUT2D eigenvalue weighted by atomic mass is 19.1. The SMILES string of the molecule is O=C(C(=O)N1CCN(C(=O)c2ccccc2)CC1)c1c[nH]c2c(-n3cccn3)ncc(F)c12. The monoisotopic (exact) mass is 446 g/mol. The van der Waals surface area contributed by atoms with Crippen molar-refractivity contribution in [3.63, 3.8) is 0 Å². The molecule has 0 unspecified atom stereocenters. The number of Topliss-reactive ketones (excluding diaryl/α,β-unsaturated/α-hetero) is 1. The molecule has 5 rings (SSSR count). The largest absolute Gasteiger partial charge is 0.357 e. The minimum absolute atomic E-state index is 0.00765. The van der Waals surface area contributed by atoms with Crippen LogP contribution in [0.5, 0.6) is 0 Å². The van der Waals surface area contributed by atoms with Crippen LogP contribution >= 0.6 is 0 Å². The number of hydrogen-bond donors (Lipinski definition) is 1. The summed E-state index contributed by atoms with van der Waals surface area (Å²) in [7, 11) is 0. The van der Waals surface area contributed by atoms with Crippen molar-refractivity contribution in [3.05, 3.63) is 78.1 Å². The Morgan fingerprint density at radius 2 is 1.70 bits per heavy atom. The van der Waals surface area contributed by atoms with Gasteiger partial charge in [-0.1, -0.05) is 18.2 Å². The van der Waals surface area contributed by atoms with E-state index in [4.69, 9.17) is 0 Å². The van der Waals surface area contributed by atoms with Crippen molar-refractivity contribution in [2.75, 3.05) is 26.2 Å². The van der Waals surface area contributed by atoms with E-state index in [0.717, 1.165) is 6.20 Å². The molecule has 3 aromatic heterocycles. The van der Waals surface area contributed by atoms with E-state index in [9.17, 15) is 18.8 Å². The maximum absolute atomic E-state index is 14.6. The molecule has 166 valence electrons. The quantitative estimate of drug-likeness (QED) is 0.382. The van der Waals surface area contributed by atoms with Gasteiger partial charge in [-0.3, -0.25) is 14.4 Å². The molecule has 0 atom stereocenters. The number of aromatic amines is 1. The lowest BCUT2D eigenvalue weighted by Crippen LogP contribution is -2.52. The molecular formula is C23H19FN6O3. The number of nitrogens with zero attached hydrogens (tertiary/aromatic N) is 5. The minimum Gasteiger partial charge on any atom is -0.357 e. The van der Waals surface area contributed by atoms with Crippen LogP contribution in [-0.4, -0.2) is 73.3 Å². The number of ketones is 1. The zero-order valence-electron chi connectivity index (χ0n) is 17.4. The summed E-state index contributed by atoms with van der Waals surface area (Å²) >= 11 is 0. The number of hydrogen-bond acceptors (Lipinski definition) is 5. The van der Waals surface area contributed by atoms with Gasteiger partial charge in [-0.2, -0.15) is 5.10 Å². The number of carbonyl (C=O) groups is 3. The number of halogens is 1. The summed E-state index contributed by atoms with van der Waals surface area (Å²) < 4.78 is 16.1. The van der Waals surface area contributed by atoms with Crippen LogP contribution in [0.15, 0.2) is 61.2 Å². The first-order valence-corrected chi connectivity index (χ1v) is 10.4. The predicted octanol–water partition coefficient (Wildman–Crippen LogP) is 2.05. The molecule has 1 saturated heterocycles. The molecule has 1 aromatic carbocycles. The Kier molecular flexibility index (Phi) is 5.17. The van der Waals surface area contributed by atoms with Crippen LogP contribution in [0.2, 0.25) is 0 Å². The Morgan fingerprint density at radius 3 is 2.39 bits per heavy atom. The van der Waals surface area contributed by atoms with Crippen molar-refractivity contribution in [2.45, 2.75) is 0 Å². The zero-order valence-corrected chi connectivity index (χ0v) is 17.4. The Hall–Kier alpha value is -4.34. The van der Waals surface area contributed by atoms with Crippen molar-refractivity contribution in [2.24, 2.45) is 0 Å². The third-order valence-corrected chi connectivity index (χ3v) is 5.68. The number of amides is 2. The number of aromatic nitrogens is 4. The average molecular weight is 446 g/mol. The first-order valence-electron chi connectivity index (χ1n) is 10.4. The van der Waals surface area contributed by atoms with Gasteiger partial charge in [0.1, 0.15) is 0 Å². The van der Waals surface area contributed by atoms with E-state index in [1.54, 1.807) is 47.6 Å². The van der Waals surface area contributed by atoms with Gasteiger partial charge in [-0.25, -0.2) is 14.1 Å². The standard InChI is InChI=1S/C23H19FN6O3/c24-17-14-26-21(30-8-4-7-27-30)19-18(17)16(13-25-19)20(31)23(33)29-11-9-28(10-12-29)22(32)15-5-2-1-3-6-15/h1-8,13-14,25H,9-12H2. The normalized spacial score (nSPS) is 14.0. The van der Waals surface area contributed by atoms with Gasteiger partial charge < -0.3 is 14.8 Å². The number of piperazine rings is 1. The Balaban J connectivity index is 1.34. The van der Waals surface area contributed by atoms with Crippen LogP contribution in [0.4, 0.5) is 4.39 Å². The first-order chi connectivity index (χ1) is 16.0. The smallest absolute Gasteiger partial charge is 0.295 e. The van der Waals surface area contributed by atoms with Crippen molar-refractivity contribution in [1.29, 1.82) is 0 Å². The summed E-state index contributed by atoms with van der Waals surface area (Å²) in [4.78, 5) is 48.5. The summed E-state index contributed by atoms with van der Waals surface area (Å²) in [5.74, 6) is -2.07. The van der Waals surface area contributed by atoms with Crippen molar-refractivity contribution in [1.82, 2.24) is 29.5 Å². The molecule has 4 heterocycles. The maximum Gasteiger partial charge on any atom is 0.295 e. The van der Waals surface area contributed by atoms with E-state index in [-0.39, 0.29) is 35.5 Å². The number of rotatable bonds is 4. The Morgan fingerprint density at radius 1 is 0.970 bits per heavy atom. The molecule has 33 heavy (non-hydrogen) atoms. The number of fused-ring (bicyclic) bond motifs is 1. The van der Waals surface area contributed by atoms with Crippen LogP contribution < -0.4 is 0 Å². The summed E-state index contributed by atoms with van der Waals surface area (Å²) in [5, 5.41) is 4.08. The lowest BCUT2D eigenvalue weighted by Gasteiger charge is -2.34. The fourth-order valence-corrected chi connectivity index (χ4v) is 3.98.